The number of carbonyl (C=O) groups excluding carboxylic acids is 2. The van der Waals surface area contributed by atoms with Gasteiger partial charge < -0.3 is 4.74 Å². The molecule has 0 bridgehead atoms. The van der Waals surface area contributed by atoms with E-state index >= 15 is 0 Å². The highest BCUT2D eigenvalue weighted by molar-refractivity contribution is 6.02. The second-order valence-electron chi connectivity index (χ2n) is 7.27. The van der Waals surface area contributed by atoms with Crippen molar-refractivity contribution in [2.24, 2.45) is 0 Å². The molecule has 3 nitrogen and oxygen atoms in total. The highest BCUT2D eigenvalue weighted by Gasteiger charge is 2.12. The Morgan fingerprint density at radius 3 is 1.79 bits per heavy atom. The molecule has 3 heteroatoms. The zero-order chi connectivity index (χ0) is 20.8. The molecule has 0 saturated carbocycles. The lowest BCUT2D eigenvalue weighted by molar-refractivity contribution is 0.0992. The van der Waals surface area contributed by atoms with Gasteiger partial charge in [-0.25, -0.2) is 0 Å². The second kappa shape index (κ2) is 9.33. The number of carbonyl (C=O) groups is 2. The number of hydrogen-bond donors (Lipinski definition) is 0. The molecule has 0 spiro atoms. The van der Waals surface area contributed by atoms with Crippen LogP contribution in [0.25, 0.3) is 0 Å². The molecule has 0 unspecified atom stereocenters. The number of hydrogen-bond acceptors (Lipinski definition) is 3. The summed E-state index contributed by atoms with van der Waals surface area (Å²) in [7, 11) is 1.53. The van der Waals surface area contributed by atoms with Crippen molar-refractivity contribution in [3.05, 3.63) is 100 Å². The van der Waals surface area contributed by atoms with Gasteiger partial charge in [0.2, 0.25) is 0 Å². The van der Waals surface area contributed by atoms with Gasteiger partial charge in [0, 0.05) is 17.5 Å². The predicted molar refractivity (Wildman–Crippen MR) is 116 cm³/mol. The second-order valence-corrected chi connectivity index (χ2v) is 7.27. The third kappa shape index (κ3) is 5.41. The van der Waals surface area contributed by atoms with E-state index in [4.69, 9.17) is 4.74 Å². The first-order chi connectivity index (χ1) is 14.0. The molecule has 29 heavy (non-hydrogen) atoms. The molecule has 3 rings (SSSR count). The maximum atomic E-state index is 12.7. The molecule has 0 atom stereocenters. The molecule has 0 heterocycles. The predicted octanol–water partition coefficient (Wildman–Crippen LogP) is 5.48. The molecule has 0 aliphatic carbocycles. The minimum Gasteiger partial charge on any atom is -0.497 e. The lowest BCUT2D eigenvalue weighted by Gasteiger charge is -2.08. The van der Waals surface area contributed by atoms with Crippen molar-refractivity contribution >= 4 is 11.6 Å². The van der Waals surface area contributed by atoms with Crippen molar-refractivity contribution in [1.82, 2.24) is 0 Å². The number of ether oxygens (including phenoxy) is 1. The van der Waals surface area contributed by atoms with Crippen molar-refractivity contribution in [2.45, 2.75) is 33.1 Å². The minimum atomic E-state index is -0.0886. The average molecular weight is 386 g/mol. The zero-order valence-electron chi connectivity index (χ0n) is 17.2. The van der Waals surface area contributed by atoms with Crippen LogP contribution in [0.2, 0.25) is 0 Å². The molecule has 3 aromatic rings. The van der Waals surface area contributed by atoms with E-state index in [-0.39, 0.29) is 18.0 Å². The van der Waals surface area contributed by atoms with Crippen LogP contribution in [0.4, 0.5) is 0 Å². The van der Waals surface area contributed by atoms with Crippen LogP contribution in [0.5, 0.6) is 5.75 Å². The summed E-state index contributed by atoms with van der Waals surface area (Å²) < 4.78 is 5.23. The van der Waals surface area contributed by atoms with E-state index in [9.17, 15) is 9.59 Å². The zero-order valence-corrected chi connectivity index (χ0v) is 17.2. The van der Waals surface area contributed by atoms with Crippen LogP contribution in [0, 0.1) is 0 Å². The molecule has 148 valence electrons. The van der Waals surface area contributed by atoms with Gasteiger partial charge in [0.1, 0.15) is 5.75 Å². The number of Topliss-reactive ketones (excluding diaryl/α,β-unsaturated/α-hetero) is 2. The van der Waals surface area contributed by atoms with Crippen LogP contribution in [0.3, 0.4) is 0 Å². The summed E-state index contributed by atoms with van der Waals surface area (Å²) in [5.74, 6) is 0.397. The highest BCUT2D eigenvalue weighted by atomic mass is 16.5. The summed E-state index contributed by atoms with van der Waals surface area (Å²) in [6.07, 6.45) is 2.20. The van der Waals surface area contributed by atoms with Crippen molar-refractivity contribution in [3.63, 3.8) is 0 Å². The highest BCUT2D eigenvalue weighted by Crippen LogP contribution is 2.20. The lowest BCUT2D eigenvalue weighted by atomic mass is 9.97. The Bertz CT molecular complexity index is 999. The summed E-state index contributed by atoms with van der Waals surface area (Å²) in [6, 6.07) is 21.8. The van der Waals surface area contributed by atoms with E-state index in [0.29, 0.717) is 16.9 Å². The minimum absolute atomic E-state index is 0.0331. The van der Waals surface area contributed by atoms with Gasteiger partial charge in [-0.05, 0) is 60.2 Å². The maximum Gasteiger partial charge on any atom is 0.167 e. The fraction of sp³-hybridized carbons (Fsp3) is 0.231. The van der Waals surface area contributed by atoms with Crippen molar-refractivity contribution in [3.8, 4) is 5.75 Å². The molecule has 3 aromatic carbocycles. The summed E-state index contributed by atoms with van der Waals surface area (Å²) in [4.78, 5) is 24.4. The third-order valence-corrected chi connectivity index (χ3v) is 5.10. The summed E-state index contributed by atoms with van der Waals surface area (Å²) >= 11 is 0. The first kappa shape index (κ1) is 20.5. The van der Waals surface area contributed by atoms with Crippen LogP contribution in [-0.2, 0) is 19.3 Å². The Morgan fingerprint density at radius 1 is 0.759 bits per heavy atom. The molecule has 0 aromatic heterocycles. The molecule has 0 amide bonds. The molecular weight excluding hydrogens is 360 g/mol. The number of benzene rings is 3. The van der Waals surface area contributed by atoms with Gasteiger partial charge in [-0.15, -0.1) is 0 Å². The molecule has 0 aliphatic rings. The van der Waals surface area contributed by atoms with Gasteiger partial charge in [-0.3, -0.25) is 9.59 Å². The van der Waals surface area contributed by atoms with Crippen LogP contribution in [0.1, 0.15) is 56.8 Å². The van der Waals surface area contributed by atoms with E-state index in [0.717, 1.165) is 18.4 Å². The van der Waals surface area contributed by atoms with Crippen LogP contribution >= 0.6 is 0 Å². The molecule has 0 radical (unpaired) electrons. The number of ketones is 2. The normalized spacial score (nSPS) is 10.6. The molecular formula is C26H26O3. The first-order valence-corrected chi connectivity index (χ1v) is 9.87. The Balaban J connectivity index is 1.69. The van der Waals surface area contributed by atoms with Gasteiger partial charge in [-0.1, -0.05) is 55.5 Å². The van der Waals surface area contributed by atoms with E-state index < -0.39 is 0 Å². The fourth-order valence-electron chi connectivity index (χ4n) is 3.27. The monoisotopic (exact) mass is 386 g/mol. The fourth-order valence-corrected chi connectivity index (χ4v) is 3.27. The standard InChI is InChI=1S/C26H26O3/c1-4-19-5-7-20(8-6-19)13-21-9-11-22(12-10-21)14-26(28)24-15-23(18(2)27)16-25(17-24)29-3/h5-12,15-17H,4,13-14H2,1-3H3. The first-order valence-electron chi connectivity index (χ1n) is 9.87. The Hall–Kier alpha value is -3.20. The van der Waals surface area contributed by atoms with Crippen LogP contribution in [-0.4, -0.2) is 18.7 Å². The summed E-state index contributed by atoms with van der Waals surface area (Å²) in [6.45, 7) is 3.64. The van der Waals surface area contributed by atoms with Gasteiger partial charge in [0.05, 0.1) is 7.11 Å². The molecule has 0 fully saturated rings. The van der Waals surface area contributed by atoms with E-state index in [1.54, 1.807) is 18.2 Å². The van der Waals surface area contributed by atoms with Crippen molar-refractivity contribution in [1.29, 1.82) is 0 Å². The number of methoxy groups -OCH3 is 1. The SMILES string of the molecule is CCc1ccc(Cc2ccc(CC(=O)c3cc(OC)cc(C(C)=O)c3)cc2)cc1. The molecule has 0 saturated heterocycles. The Kier molecular flexibility index (Phi) is 6.61. The largest absolute Gasteiger partial charge is 0.497 e. The van der Waals surface area contributed by atoms with E-state index in [2.05, 4.69) is 43.3 Å². The third-order valence-electron chi connectivity index (χ3n) is 5.10. The van der Waals surface area contributed by atoms with E-state index in [1.807, 2.05) is 12.1 Å². The number of aryl methyl sites for hydroxylation is 1. The quantitative estimate of drug-likeness (QED) is 0.482. The van der Waals surface area contributed by atoms with Crippen LogP contribution < -0.4 is 4.74 Å². The van der Waals surface area contributed by atoms with Gasteiger partial charge in [0.25, 0.3) is 0 Å². The molecule has 0 aliphatic heterocycles. The van der Waals surface area contributed by atoms with E-state index in [1.165, 1.54) is 30.7 Å². The Labute approximate surface area is 172 Å². The van der Waals surface area contributed by atoms with Crippen molar-refractivity contribution < 1.29 is 14.3 Å². The van der Waals surface area contributed by atoms with Crippen molar-refractivity contribution in [2.75, 3.05) is 7.11 Å². The topological polar surface area (TPSA) is 43.4 Å². The smallest absolute Gasteiger partial charge is 0.167 e. The summed E-state index contributed by atoms with van der Waals surface area (Å²) in [5, 5.41) is 0. The molecule has 0 N–H and O–H groups in total. The summed E-state index contributed by atoms with van der Waals surface area (Å²) in [5.41, 5.74) is 5.76. The van der Waals surface area contributed by atoms with Gasteiger partial charge >= 0.3 is 0 Å². The van der Waals surface area contributed by atoms with Gasteiger partial charge in [-0.2, -0.15) is 0 Å². The Morgan fingerprint density at radius 2 is 1.28 bits per heavy atom. The average Bonchev–Trinajstić information content (AvgIpc) is 2.75. The van der Waals surface area contributed by atoms with Gasteiger partial charge in [0.15, 0.2) is 11.6 Å². The lowest BCUT2D eigenvalue weighted by Crippen LogP contribution is -2.06. The number of rotatable bonds is 8. The van der Waals surface area contributed by atoms with Crippen LogP contribution in [0.15, 0.2) is 66.7 Å². The maximum absolute atomic E-state index is 12.7.